The van der Waals surface area contributed by atoms with E-state index in [0.29, 0.717) is 41.7 Å². The number of nitrogens with one attached hydrogen (secondary N) is 1. The summed E-state index contributed by atoms with van der Waals surface area (Å²) in [5.74, 6) is -1.13. The van der Waals surface area contributed by atoms with Gasteiger partial charge in [0.1, 0.15) is 5.76 Å². The molecule has 1 saturated carbocycles. The van der Waals surface area contributed by atoms with E-state index in [1.165, 1.54) is 17.0 Å². The van der Waals surface area contributed by atoms with Gasteiger partial charge >= 0.3 is 5.97 Å². The molecule has 1 atom stereocenters. The predicted octanol–water partition coefficient (Wildman–Crippen LogP) is 4.14. The molecule has 40 heavy (non-hydrogen) atoms. The first-order valence-electron chi connectivity index (χ1n) is 13.7. The highest BCUT2D eigenvalue weighted by Crippen LogP contribution is 2.44. The van der Waals surface area contributed by atoms with Crippen LogP contribution in [0.4, 0.5) is 0 Å². The van der Waals surface area contributed by atoms with E-state index in [1.807, 2.05) is 30.3 Å². The van der Waals surface area contributed by atoms with Gasteiger partial charge < -0.3 is 19.6 Å². The summed E-state index contributed by atoms with van der Waals surface area (Å²) in [6, 6.07) is 9.79. The molecule has 0 radical (unpaired) electrons. The van der Waals surface area contributed by atoms with Crippen LogP contribution in [0.5, 0.6) is 0 Å². The average Bonchev–Trinajstić information content (AvgIpc) is 3.73. The van der Waals surface area contributed by atoms with Gasteiger partial charge in [-0.05, 0) is 55.2 Å². The highest BCUT2D eigenvalue weighted by Gasteiger charge is 2.31. The summed E-state index contributed by atoms with van der Waals surface area (Å²) in [6.07, 6.45) is 4.30. The van der Waals surface area contributed by atoms with Crippen LogP contribution in [0.1, 0.15) is 72.1 Å². The van der Waals surface area contributed by atoms with Gasteiger partial charge in [-0.3, -0.25) is 9.59 Å². The molecule has 10 nitrogen and oxygen atoms in total. The van der Waals surface area contributed by atoms with Crippen LogP contribution in [-0.2, 0) is 33.4 Å². The lowest BCUT2D eigenvalue weighted by Crippen LogP contribution is -2.25. The Kier molecular flexibility index (Phi) is 9.94. The molecule has 4 rings (SSSR count). The number of carboxylic acid groups (broad SMARTS) is 1. The number of aromatic nitrogens is 1. The van der Waals surface area contributed by atoms with E-state index in [2.05, 4.69) is 12.2 Å². The van der Waals surface area contributed by atoms with Crippen molar-refractivity contribution in [2.45, 2.75) is 57.9 Å². The Labute approximate surface area is 235 Å². The average molecular weight is 572 g/mol. The van der Waals surface area contributed by atoms with Crippen molar-refractivity contribution in [3.8, 4) is 11.3 Å². The molecule has 3 aromatic rings. The molecule has 0 bridgehead atoms. The number of pyridine rings is 1. The summed E-state index contributed by atoms with van der Waals surface area (Å²) in [7, 11) is 0.145. The maximum atomic E-state index is 13.0. The number of benzene rings is 1. The van der Waals surface area contributed by atoms with E-state index in [9.17, 15) is 23.1 Å². The van der Waals surface area contributed by atoms with E-state index in [4.69, 9.17) is 14.1 Å². The van der Waals surface area contributed by atoms with E-state index in [0.717, 1.165) is 30.4 Å². The number of aliphatic carboxylic acids is 1. The zero-order valence-corrected chi connectivity index (χ0v) is 24.0. The molecule has 0 saturated heterocycles. The lowest BCUT2D eigenvalue weighted by atomic mass is 10.0. The molecule has 0 unspecified atom stereocenters. The fourth-order valence-corrected chi connectivity index (χ4v) is 5.50. The third-order valence-corrected chi connectivity index (χ3v) is 8.19. The normalized spacial score (nSPS) is 14.2. The number of thiol groups is 1. The number of nitrogens with zero attached hydrogens (tertiary/aromatic N) is 2. The van der Waals surface area contributed by atoms with Crippen molar-refractivity contribution in [2.75, 3.05) is 27.3 Å². The fourth-order valence-electron chi connectivity index (χ4n) is 4.95. The number of carbonyl (C=O) groups excluding carboxylic acids is 1. The highest BCUT2D eigenvalue weighted by molar-refractivity contribution is 7.69. The molecule has 2 aromatic heterocycles. The van der Waals surface area contributed by atoms with Crippen LogP contribution >= 0.6 is 0 Å². The molecule has 0 spiro atoms. The number of fused-ring (bicyclic) bond motifs is 1. The van der Waals surface area contributed by atoms with Gasteiger partial charge in [0.2, 0.25) is 16.6 Å². The van der Waals surface area contributed by atoms with Crippen LogP contribution in [0.25, 0.3) is 22.4 Å². The first kappa shape index (κ1) is 29.7. The first-order valence-corrected chi connectivity index (χ1v) is 14.8. The van der Waals surface area contributed by atoms with Crippen molar-refractivity contribution in [1.29, 1.82) is 0 Å². The third-order valence-electron chi connectivity index (χ3n) is 7.39. The largest absolute Gasteiger partial charge is 0.481 e. The maximum Gasteiger partial charge on any atom is 0.308 e. The van der Waals surface area contributed by atoms with Gasteiger partial charge in [0.25, 0.3) is 5.91 Å². The number of unbranched alkanes of at least 4 members (excludes halogenated alkanes) is 1. The molecule has 1 aromatic carbocycles. The standard InChI is InChI=1S/C29H37N3O7S/c1-4-18-8-10-20(11-9-18)26-25(27(33)30-2)23-15-22(19-12-13-19)24(31-28(23)39-26)16-32(40(36)37)14-6-5-7-21(17-38-3)29(34)35/h8-11,15,19,21,40H,4-7,12-14,16-17H2,1-3H3,(H,30,33)(H,34,35)/t21-/m0/s1. The van der Waals surface area contributed by atoms with E-state index < -0.39 is 22.8 Å². The van der Waals surface area contributed by atoms with Crippen LogP contribution in [0.2, 0.25) is 0 Å². The SMILES string of the molecule is CCc1ccc(-c2oc3nc(CN(CCCC[C@@H](COC)C(=O)O)[SH](=O)=O)c(C4CC4)cc3c2C(=O)NC)cc1. The van der Waals surface area contributed by atoms with Gasteiger partial charge in [-0.15, -0.1) is 0 Å². The molecule has 0 aliphatic heterocycles. The number of hydrogen-bond acceptors (Lipinski definition) is 7. The number of carboxylic acids is 1. The molecule has 11 heteroatoms. The first-order chi connectivity index (χ1) is 19.3. The van der Waals surface area contributed by atoms with Gasteiger partial charge in [0.05, 0.1) is 35.7 Å². The molecular weight excluding hydrogens is 534 g/mol. The smallest absolute Gasteiger partial charge is 0.308 e. The maximum absolute atomic E-state index is 13.0. The van der Waals surface area contributed by atoms with Gasteiger partial charge in [0, 0.05) is 26.3 Å². The molecule has 1 amide bonds. The summed E-state index contributed by atoms with van der Waals surface area (Å²) in [6.45, 7) is 2.52. The number of furan rings is 1. The van der Waals surface area contributed by atoms with Crippen LogP contribution in [0.15, 0.2) is 34.7 Å². The van der Waals surface area contributed by atoms with Crippen LogP contribution in [0.3, 0.4) is 0 Å². The Morgan fingerprint density at radius 1 is 1.23 bits per heavy atom. The second kappa shape index (κ2) is 13.4. The predicted molar refractivity (Wildman–Crippen MR) is 152 cm³/mol. The second-order valence-electron chi connectivity index (χ2n) is 10.2. The summed E-state index contributed by atoms with van der Waals surface area (Å²) in [5.41, 5.74) is 4.18. The number of hydrogen-bond donors (Lipinski definition) is 3. The minimum atomic E-state index is -2.89. The summed E-state index contributed by atoms with van der Waals surface area (Å²) < 4.78 is 36.8. The Morgan fingerprint density at radius 3 is 2.52 bits per heavy atom. The molecule has 216 valence electrons. The molecular formula is C29H37N3O7S. The van der Waals surface area contributed by atoms with E-state index >= 15 is 0 Å². The number of rotatable bonds is 15. The Bertz CT molecular complexity index is 1420. The Balaban J connectivity index is 1.63. The minimum Gasteiger partial charge on any atom is -0.481 e. The topological polar surface area (TPSA) is 139 Å². The molecule has 1 fully saturated rings. The lowest BCUT2D eigenvalue weighted by molar-refractivity contribution is -0.143. The fraction of sp³-hybridized carbons (Fsp3) is 0.483. The Hall–Kier alpha value is -3.28. The van der Waals surface area contributed by atoms with Crippen molar-refractivity contribution in [3.05, 3.63) is 52.7 Å². The van der Waals surface area contributed by atoms with Crippen molar-refractivity contribution in [2.24, 2.45) is 5.92 Å². The van der Waals surface area contributed by atoms with Gasteiger partial charge in [-0.1, -0.05) is 37.6 Å². The molecule has 1 aliphatic rings. The number of ether oxygens (including phenoxy) is 1. The van der Waals surface area contributed by atoms with Crippen molar-refractivity contribution < 1.29 is 32.3 Å². The summed E-state index contributed by atoms with van der Waals surface area (Å²) in [4.78, 5) is 29.1. The van der Waals surface area contributed by atoms with Crippen LogP contribution < -0.4 is 5.32 Å². The zero-order valence-electron chi connectivity index (χ0n) is 23.1. The molecule has 2 heterocycles. The van der Waals surface area contributed by atoms with E-state index in [1.54, 1.807) is 7.05 Å². The number of aryl methyl sites for hydroxylation is 1. The van der Waals surface area contributed by atoms with Gasteiger partial charge in [0.15, 0.2) is 0 Å². The summed E-state index contributed by atoms with van der Waals surface area (Å²) in [5, 5.41) is 12.6. The van der Waals surface area contributed by atoms with E-state index in [-0.39, 0.29) is 37.2 Å². The second-order valence-corrected chi connectivity index (χ2v) is 11.2. The van der Waals surface area contributed by atoms with Crippen LogP contribution in [-0.4, -0.2) is 62.0 Å². The van der Waals surface area contributed by atoms with Crippen molar-refractivity contribution in [1.82, 2.24) is 14.6 Å². The van der Waals surface area contributed by atoms with Crippen LogP contribution in [0, 0.1) is 5.92 Å². The number of methoxy groups -OCH3 is 1. The molecule has 1 aliphatic carbocycles. The van der Waals surface area contributed by atoms with Crippen molar-refractivity contribution in [3.63, 3.8) is 0 Å². The zero-order chi connectivity index (χ0) is 28.8. The highest BCUT2D eigenvalue weighted by atomic mass is 32.2. The minimum absolute atomic E-state index is 0.0808. The lowest BCUT2D eigenvalue weighted by Gasteiger charge is -2.17. The van der Waals surface area contributed by atoms with Gasteiger partial charge in [-0.2, -0.15) is 4.31 Å². The quantitative estimate of drug-likeness (QED) is 0.183. The molecule has 2 N–H and O–H groups in total. The summed E-state index contributed by atoms with van der Waals surface area (Å²) >= 11 is 0. The number of amides is 1. The Morgan fingerprint density at radius 2 is 1.95 bits per heavy atom. The third kappa shape index (κ3) is 6.89. The number of carbonyl (C=O) groups is 2. The van der Waals surface area contributed by atoms with Crippen molar-refractivity contribution >= 4 is 33.9 Å². The van der Waals surface area contributed by atoms with Gasteiger partial charge in [-0.25, -0.2) is 13.4 Å². The monoisotopic (exact) mass is 571 g/mol.